The van der Waals surface area contributed by atoms with Gasteiger partial charge in [0.1, 0.15) is 5.54 Å². The minimum absolute atomic E-state index is 0.689. The van der Waals surface area contributed by atoms with Crippen LogP contribution in [-0.2, 0) is 10.3 Å². The minimum Gasteiger partial charge on any atom is -0.480 e. The Morgan fingerprint density at radius 2 is 2.12 bits per heavy atom. The summed E-state index contributed by atoms with van der Waals surface area (Å²) in [6, 6.07) is 3.57. The molecule has 1 unspecified atom stereocenters. The highest BCUT2D eigenvalue weighted by atomic mass is 16.4. The Morgan fingerprint density at radius 1 is 1.50 bits per heavy atom. The molecule has 4 heteroatoms. The van der Waals surface area contributed by atoms with E-state index < -0.39 is 11.5 Å². The van der Waals surface area contributed by atoms with E-state index in [9.17, 15) is 9.90 Å². The van der Waals surface area contributed by atoms with Crippen LogP contribution in [-0.4, -0.2) is 34.0 Å². The van der Waals surface area contributed by atoms with Crippen molar-refractivity contribution in [3.05, 3.63) is 30.1 Å². The lowest BCUT2D eigenvalue weighted by atomic mass is 9.91. The van der Waals surface area contributed by atoms with Gasteiger partial charge in [0.25, 0.3) is 0 Å². The Hall–Kier alpha value is -1.42. The maximum absolute atomic E-state index is 11.5. The molecule has 0 aliphatic carbocycles. The maximum atomic E-state index is 11.5. The number of carboxylic acid groups (broad SMARTS) is 1. The molecule has 0 fully saturated rings. The predicted octanol–water partition coefficient (Wildman–Crippen LogP) is 1.72. The molecule has 1 rings (SSSR count). The lowest BCUT2D eigenvalue weighted by Gasteiger charge is -2.36. The van der Waals surface area contributed by atoms with Crippen LogP contribution in [0.3, 0.4) is 0 Å². The van der Waals surface area contributed by atoms with Crippen LogP contribution >= 0.6 is 0 Å². The number of aromatic nitrogens is 1. The molecule has 0 aliphatic rings. The first-order chi connectivity index (χ1) is 7.57. The number of carbonyl (C=O) groups is 1. The van der Waals surface area contributed by atoms with Gasteiger partial charge < -0.3 is 5.11 Å². The summed E-state index contributed by atoms with van der Waals surface area (Å²) in [6.45, 7) is 7.02. The van der Waals surface area contributed by atoms with Gasteiger partial charge in [-0.2, -0.15) is 0 Å². The highest BCUT2D eigenvalue weighted by molar-refractivity contribution is 5.80. The van der Waals surface area contributed by atoms with E-state index in [1.54, 1.807) is 31.5 Å². The van der Waals surface area contributed by atoms with Gasteiger partial charge in [-0.05, 0) is 26.1 Å². The molecule has 0 aromatic carbocycles. The molecular weight excluding hydrogens is 204 g/mol. The Morgan fingerprint density at radius 3 is 2.50 bits per heavy atom. The van der Waals surface area contributed by atoms with Crippen molar-refractivity contribution in [2.75, 3.05) is 13.1 Å². The third-order valence-corrected chi connectivity index (χ3v) is 3.04. The summed E-state index contributed by atoms with van der Waals surface area (Å²) in [5.41, 5.74) is -0.288. The molecule has 1 atom stereocenters. The van der Waals surface area contributed by atoms with E-state index in [2.05, 4.69) is 4.98 Å². The number of hydrogen-bond acceptors (Lipinski definition) is 3. The number of pyridine rings is 1. The van der Waals surface area contributed by atoms with Gasteiger partial charge in [0, 0.05) is 18.0 Å². The summed E-state index contributed by atoms with van der Waals surface area (Å²) >= 11 is 0. The molecule has 4 nitrogen and oxygen atoms in total. The molecule has 0 saturated heterocycles. The van der Waals surface area contributed by atoms with Crippen molar-refractivity contribution in [2.24, 2.45) is 0 Å². The Labute approximate surface area is 95.9 Å². The molecule has 0 radical (unpaired) electrons. The zero-order valence-electron chi connectivity index (χ0n) is 9.97. The maximum Gasteiger partial charge on any atom is 0.328 e. The summed E-state index contributed by atoms with van der Waals surface area (Å²) in [4.78, 5) is 17.4. The van der Waals surface area contributed by atoms with Crippen LogP contribution < -0.4 is 0 Å². The average molecular weight is 222 g/mol. The second-order valence-corrected chi connectivity index (χ2v) is 3.79. The van der Waals surface area contributed by atoms with E-state index in [0.717, 1.165) is 0 Å². The van der Waals surface area contributed by atoms with Crippen molar-refractivity contribution in [2.45, 2.75) is 26.3 Å². The fourth-order valence-corrected chi connectivity index (χ4v) is 1.95. The van der Waals surface area contributed by atoms with E-state index in [1.807, 2.05) is 18.7 Å². The van der Waals surface area contributed by atoms with Crippen molar-refractivity contribution in [1.29, 1.82) is 0 Å². The first-order valence-corrected chi connectivity index (χ1v) is 5.46. The number of likely N-dealkylation sites (N-methyl/N-ethyl adjacent to an activating group) is 1. The smallest absolute Gasteiger partial charge is 0.328 e. The van der Waals surface area contributed by atoms with Crippen molar-refractivity contribution in [3.8, 4) is 0 Å². The van der Waals surface area contributed by atoms with Crippen LogP contribution in [0.5, 0.6) is 0 Å². The molecule has 0 bridgehead atoms. The fourth-order valence-electron chi connectivity index (χ4n) is 1.95. The van der Waals surface area contributed by atoms with Crippen LogP contribution in [0.25, 0.3) is 0 Å². The minimum atomic E-state index is -1.00. The van der Waals surface area contributed by atoms with E-state index >= 15 is 0 Å². The van der Waals surface area contributed by atoms with Gasteiger partial charge in [-0.3, -0.25) is 9.88 Å². The monoisotopic (exact) mass is 222 g/mol. The van der Waals surface area contributed by atoms with Gasteiger partial charge in [0.15, 0.2) is 0 Å². The highest BCUT2D eigenvalue weighted by Crippen LogP contribution is 2.27. The van der Waals surface area contributed by atoms with Crippen molar-refractivity contribution >= 4 is 5.97 Å². The lowest BCUT2D eigenvalue weighted by Crippen LogP contribution is -2.49. The zero-order chi connectivity index (χ0) is 12.2. The molecule has 1 N–H and O–H groups in total. The SMILES string of the molecule is CCN(CC)C(C)(C(=O)O)c1cccnc1. The van der Waals surface area contributed by atoms with Gasteiger partial charge in [0.2, 0.25) is 0 Å². The normalized spacial score (nSPS) is 14.8. The number of hydrogen-bond donors (Lipinski definition) is 1. The van der Waals surface area contributed by atoms with Gasteiger partial charge in [-0.15, -0.1) is 0 Å². The molecule has 1 aromatic rings. The third kappa shape index (κ3) is 2.07. The quantitative estimate of drug-likeness (QED) is 0.824. The Balaban J connectivity index is 3.21. The van der Waals surface area contributed by atoms with E-state index in [4.69, 9.17) is 0 Å². The number of nitrogens with zero attached hydrogens (tertiary/aromatic N) is 2. The van der Waals surface area contributed by atoms with Crippen LogP contribution in [0.2, 0.25) is 0 Å². The van der Waals surface area contributed by atoms with E-state index in [0.29, 0.717) is 18.7 Å². The summed E-state index contributed by atoms with van der Waals surface area (Å²) in [7, 11) is 0. The molecule has 16 heavy (non-hydrogen) atoms. The van der Waals surface area contributed by atoms with Crippen molar-refractivity contribution in [1.82, 2.24) is 9.88 Å². The largest absolute Gasteiger partial charge is 0.480 e. The first kappa shape index (κ1) is 12.6. The topological polar surface area (TPSA) is 53.4 Å². The van der Waals surface area contributed by atoms with Crippen LogP contribution in [0.15, 0.2) is 24.5 Å². The number of aliphatic carboxylic acids is 1. The van der Waals surface area contributed by atoms with Crippen LogP contribution in [0.4, 0.5) is 0 Å². The van der Waals surface area contributed by atoms with Crippen LogP contribution in [0, 0.1) is 0 Å². The van der Waals surface area contributed by atoms with Crippen LogP contribution in [0.1, 0.15) is 26.3 Å². The summed E-state index contributed by atoms with van der Waals surface area (Å²) < 4.78 is 0. The predicted molar refractivity (Wildman–Crippen MR) is 62.1 cm³/mol. The van der Waals surface area contributed by atoms with E-state index in [1.165, 1.54) is 0 Å². The zero-order valence-corrected chi connectivity index (χ0v) is 9.97. The summed E-state index contributed by atoms with van der Waals surface area (Å²) in [5, 5.41) is 9.45. The van der Waals surface area contributed by atoms with E-state index in [-0.39, 0.29) is 0 Å². The molecule has 0 aliphatic heterocycles. The van der Waals surface area contributed by atoms with Gasteiger partial charge in [-0.1, -0.05) is 19.9 Å². The van der Waals surface area contributed by atoms with Gasteiger partial charge in [-0.25, -0.2) is 4.79 Å². The van der Waals surface area contributed by atoms with Crippen molar-refractivity contribution < 1.29 is 9.90 Å². The molecular formula is C12H18N2O2. The first-order valence-electron chi connectivity index (χ1n) is 5.46. The second-order valence-electron chi connectivity index (χ2n) is 3.79. The Kier molecular flexibility index (Phi) is 4.01. The highest BCUT2D eigenvalue weighted by Gasteiger charge is 2.40. The molecule has 0 saturated carbocycles. The Bertz CT molecular complexity index is 349. The van der Waals surface area contributed by atoms with Gasteiger partial charge >= 0.3 is 5.97 Å². The molecule has 0 spiro atoms. The second kappa shape index (κ2) is 5.07. The molecule has 1 aromatic heterocycles. The molecule has 1 heterocycles. The molecule has 0 amide bonds. The lowest BCUT2D eigenvalue weighted by molar-refractivity contribution is -0.151. The fraction of sp³-hybridized carbons (Fsp3) is 0.500. The number of rotatable bonds is 5. The average Bonchev–Trinajstić information content (AvgIpc) is 2.31. The summed E-state index contributed by atoms with van der Waals surface area (Å²) in [6.07, 6.45) is 3.26. The third-order valence-electron chi connectivity index (χ3n) is 3.04. The standard InChI is InChI=1S/C12H18N2O2/c1-4-14(5-2)12(3,11(15)16)10-7-6-8-13-9-10/h6-9H,4-5H2,1-3H3,(H,15,16). The summed E-state index contributed by atoms with van der Waals surface area (Å²) in [5.74, 6) is -0.843. The van der Waals surface area contributed by atoms with Gasteiger partial charge in [0.05, 0.1) is 0 Å². The molecule has 88 valence electrons. The van der Waals surface area contributed by atoms with Crippen molar-refractivity contribution in [3.63, 3.8) is 0 Å². The number of carboxylic acids is 1.